The largest absolute Gasteiger partial charge is 0.369 e. The molecule has 0 saturated carbocycles. The van der Waals surface area contributed by atoms with Crippen LogP contribution >= 0.6 is 11.3 Å². The standard InChI is InChI=1S/C13H14N4S/c1-8-3-4-11-10(5-8)16-13(14)17(11)7-12-15-6-9(2)18-12/h3-6H,7H2,1-2H3,(H2,14,16). The van der Waals surface area contributed by atoms with Crippen LogP contribution in [0.3, 0.4) is 0 Å². The highest BCUT2D eigenvalue weighted by molar-refractivity contribution is 7.11. The predicted molar refractivity (Wildman–Crippen MR) is 74.8 cm³/mol. The molecule has 0 radical (unpaired) electrons. The zero-order valence-corrected chi connectivity index (χ0v) is 11.2. The quantitative estimate of drug-likeness (QED) is 0.769. The second-order valence-electron chi connectivity index (χ2n) is 4.41. The number of hydrogen-bond donors (Lipinski definition) is 1. The van der Waals surface area contributed by atoms with Crippen molar-refractivity contribution >= 4 is 28.3 Å². The van der Waals surface area contributed by atoms with Crippen molar-refractivity contribution in [3.05, 3.63) is 39.8 Å². The minimum absolute atomic E-state index is 0.545. The van der Waals surface area contributed by atoms with E-state index in [1.165, 1.54) is 10.4 Å². The molecule has 3 aromatic rings. The van der Waals surface area contributed by atoms with Crippen molar-refractivity contribution < 1.29 is 0 Å². The number of fused-ring (bicyclic) bond motifs is 1. The Hall–Kier alpha value is -1.88. The Labute approximate surface area is 109 Å². The zero-order valence-electron chi connectivity index (χ0n) is 10.3. The number of nitrogen functional groups attached to an aromatic ring is 1. The molecule has 18 heavy (non-hydrogen) atoms. The Morgan fingerprint density at radius 1 is 1.33 bits per heavy atom. The van der Waals surface area contributed by atoms with Crippen molar-refractivity contribution in [1.82, 2.24) is 14.5 Å². The summed E-state index contributed by atoms with van der Waals surface area (Å²) in [5.74, 6) is 0.545. The highest BCUT2D eigenvalue weighted by Crippen LogP contribution is 2.22. The van der Waals surface area contributed by atoms with Gasteiger partial charge in [0.25, 0.3) is 0 Å². The predicted octanol–water partition coefficient (Wildman–Crippen LogP) is 2.74. The second kappa shape index (κ2) is 4.10. The number of imidazole rings is 1. The molecule has 0 aliphatic carbocycles. The average Bonchev–Trinajstić information content (AvgIpc) is 2.84. The summed E-state index contributed by atoms with van der Waals surface area (Å²) in [6.07, 6.45) is 1.89. The van der Waals surface area contributed by atoms with Gasteiger partial charge in [-0.2, -0.15) is 0 Å². The molecule has 92 valence electrons. The minimum atomic E-state index is 0.545. The van der Waals surface area contributed by atoms with Crippen molar-refractivity contribution in [2.24, 2.45) is 0 Å². The summed E-state index contributed by atoms with van der Waals surface area (Å²) in [5.41, 5.74) is 9.18. The molecule has 0 saturated heterocycles. The van der Waals surface area contributed by atoms with E-state index in [1.807, 2.05) is 10.8 Å². The third-order valence-electron chi connectivity index (χ3n) is 2.90. The Bertz CT molecular complexity index is 711. The molecule has 0 aliphatic heterocycles. The normalized spacial score (nSPS) is 11.2. The van der Waals surface area contributed by atoms with Gasteiger partial charge in [0.2, 0.25) is 5.95 Å². The van der Waals surface area contributed by atoms with Crippen LogP contribution in [0.1, 0.15) is 15.4 Å². The number of nitrogens with zero attached hydrogens (tertiary/aromatic N) is 3. The van der Waals surface area contributed by atoms with Gasteiger partial charge in [-0.15, -0.1) is 11.3 Å². The van der Waals surface area contributed by atoms with Crippen LogP contribution in [0.25, 0.3) is 11.0 Å². The molecule has 4 nitrogen and oxygen atoms in total. The lowest BCUT2D eigenvalue weighted by atomic mass is 10.2. The van der Waals surface area contributed by atoms with E-state index in [0.29, 0.717) is 12.5 Å². The molecule has 0 bridgehead atoms. The molecule has 0 atom stereocenters. The Morgan fingerprint density at radius 2 is 2.17 bits per heavy atom. The second-order valence-corrected chi connectivity index (χ2v) is 5.73. The molecule has 0 amide bonds. The van der Waals surface area contributed by atoms with Gasteiger partial charge >= 0.3 is 0 Å². The maximum absolute atomic E-state index is 5.99. The first-order valence-electron chi connectivity index (χ1n) is 5.77. The number of rotatable bonds is 2. The fourth-order valence-corrected chi connectivity index (χ4v) is 2.81. The summed E-state index contributed by atoms with van der Waals surface area (Å²) < 4.78 is 2.01. The van der Waals surface area contributed by atoms with Crippen LogP contribution in [0.5, 0.6) is 0 Å². The third-order valence-corrected chi connectivity index (χ3v) is 3.79. The maximum atomic E-state index is 5.99. The molecule has 0 unspecified atom stereocenters. The lowest BCUT2D eigenvalue weighted by Crippen LogP contribution is -2.04. The molecule has 5 heteroatoms. The lowest BCUT2D eigenvalue weighted by Gasteiger charge is -2.03. The number of aryl methyl sites for hydroxylation is 2. The average molecular weight is 258 g/mol. The van der Waals surface area contributed by atoms with E-state index in [2.05, 4.69) is 42.0 Å². The molecular formula is C13H14N4S. The number of thiazole rings is 1. The van der Waals surface area contributed by atoms with Gasteiger partial charge in [0.15, 0.2) is 0 Å². The van der Waals surface area contributed by atoms with Gasteiger partial charge in [0.1, 0.15) is 5.01 Å². The third kappa shape index (κ3) is 1.86. The van der Waals surface area contributed by atoms with Crippen molar-refractivity contribution in [2.45, 2.75) is 20.4 Å². The van der Waals surface area contributed by atoms with E-state index in [1.54, 1.807) is 11.3 Å². The van der Waals surface area contributed by atoms with E-state index in [0.717, 1.165) is 16.0 Å². The fourth-order valence-electron chi connectivity index (χ4n) is 2.03. The van der Waals surface area contributed by atoms with E-state index >= 15 is 0 Å². The summed E-state index contributed by atoms with van der Waals surface area (Å²) in [7, 11) is 0. The first kappa shape index (κ1) is 11.2. The first-order chi connectivity index (χ1) is 8.63. The van der Waals surface area contributed by atoms with Gasteiger partial charge in [0.05, 0.1) is 17.6 Å². The smallest absolute Gasteiger partial charge is 0.201 e. The first-order valence-corrected chi connectivity index (χ1v) is 6.59. The van der Waals surface area contributed by atoms with E-state index < -0.39 is 0 Å². The van der Waals surface area contributed by atoms with Crippen LogP contribution in [0.2, 0.25) is 0 Å². The van der Waals surface area contributed by atoms with Crippen LogP contribution in [0, 0.1) is 13.8 Å². The monoisotopic (exact) mass is 258 g/mol. The molecule has 2 aromatic heterocycles. The Morgan fingerprint density at radius 3 is 2.89 bits per heavy atom. The molecule has 0 aliphatic rings. The number of benzene rings is 1. The van der Waals surface area contributed by atoms with Crippen LogP contribution in [-0.2, 0) is 6.54 Å². The molecule has 3 rings (SSSR count). The fraction of sp³-hybridized carbons (Fsp3) is 0.231. The summed E-state index contributed by atoms with van der Waals surface area (Å²) in [5, 5.41) is 1.05. The topological polar surface area (TPSA) is 56.7 Å². The molecule has 0 fully saturated rings. The SMILES string of the molecule is Cc1ccc2c(c1)nc(N)n2Cc1ncc(C)s1. The number of aromatic nitrogens is 3. The summed E-state index contributed by atoms with van der Waals surface area (Å²) >= 11 is 1.69. The molecule has 2 N–H and O–H groups in total. The van der Waals surface area contributed by atoms with Crippen LogP contribution in [-0.4, -0.2) is 14.5 Å². The zero-order chi connectivity index (χ0) is 12.7. The molecule has 0 spiro atoms. The van der Waals surface area contributed by atoms with Crippen LogP contribution < -0.4 is 5.73 Å². The van der Waals surface area contributed by atoms with E-state index in [-0.39, 0.29) is 0 Å². The molecule has 2 heterocycles. The number of hydrogen-bond acceptors (Lipinski definition) is 4. The Kier molecular flexibility index (Phi) is 2.56. The van der Waals surface area contributed by atoms with Crippen molar-refractivity contribution in [3.63, 3.8) is 0 Å². The summed E-state index contributed by atoms with van der Waals surface area (Å²) in [4.78, 5) is 9.98. The van der Waals surface area contributed by atoms with Crippen molar-refractivity contribution in [3.8, 4) is 0 Å². The van der Waals surface area contributed by atoms with Gasteiger partial charge < -0.3 is 10.3 Å². The highest BCUT2D eigenvalue weighted by Gasteiger charge is 2.10. The lowest BCUT2D eigenvalue weighted by molar-refractivity contribution is 0.829. The Balaban J connectivity index is 2.08. The minimum Gasteiger partial charge on any atom is -0.369 e. The number of nitrogens with two attached hydrogens (primary N) is 1. The van der Waals surface area contributed by atoms with Crippen molar-refractivity contribution in [2.75, 3.05) is 5.73 Å². The maximum Gasteiger partial charge on any atom is 0.201 e. The summed E-state index contributed by atoms with van der Waals surface area (Å²) in [6.45, 7) is 4.79. The van der Waals surface area contributed by atoms with Gasteiger partial charge in [-0.3, -0.25) is 0 Å². The van der Waals surface area contributed by atoms with Crippen LogP contribution in [0.4, 0.5) is 5.95 Å². The van der Waals surface area contributed by atoms with Gasteiger partial charge in [-0.05, 0) is 31.5 Å². The van der Waals surface area contributed by atoms with Crippen LogP contribution in [0.15, 0.2) is 24.4 Å². The molecule has 1 aromatic carbocycles. The van der Waals surface area contributed by atoms with Gasteiger partial charge in [-0.25, -0.2) is 9.97 Å². The number of anilines is 1. The van der Waals surface area contributed by atoms with E-state index in [4.69, 9.17) is 5.73 Å². The summed E-state index contributed by atoms with van der Waals surface area (Å²) in [6, 6.07) is 6.19. The highest BCUT2D eigenvalue weighted by atomic mass is 32.1. The molecular weight excluding hydrogens is 244 g/mol. The van der Waals surface area contributed by atoms with Gasteiger partial charge in [0, 0.05) is 11.1 Å². The van der Waals surface area contributed by atoms with Gasteiger partial charge in [-0.1, -0.05) is 6.07 Å². The van der Waals surface area contributed by atoms with E-state index in [9.17, 15) is 0 Å². The van der Waals surface area contributed by atoms with Crippen molar-refractivity contribution in [1.29, 1.82) is 0 Å².